The van der Waals surface area contributed by atoms with Gasteiger partial charge in [-0.1, -0.05) is 218 Å². The molecule has 9 aromatic heterocycles. The van der Waals surface area contributed by atoms with E-state index in [2.05, 4.69) is 234 Å². The predicted octanol–water partition coefficient (Wildman–Crippen LogP) is 31.2. The number of hydrogen-bond donors (Lipinski definition) is 0. The standard InChI is InChI=1S/4C17H12N.2C13H8N.C12H10N.2C11H8N.5Ir/c4*1-3-7-14(8-4-1)16-11-12-18-17(13-16)15-9-5-2-6-10-15;2*1-2-6-12-10(4-1)7-8-11-5-3-9-14-13(11)12;1-10-6-5-9-13-12(10)11-7-3-2-4-8-11;2*1-2-6-10(7-3-1)11-8-4-5-9-12-11;;;;;/h4*1-9,11-13H;2*1-5,7-9H;2-7,9H,1H3;2*1-6,8-9H;;;;;/q9*-1;;;;;. The van der Waals surface area contributed by atoms with Crippen LogP contribution in [0.4, 0.5) is 0 Å². The molecule has 0 aliphatic rings. The Labute approximate surface area is 899 Å². The predicted molar refractivity (Wildman–Crippen MR) is 562 cm³/mol. The first-order valence-electron chi connectivity index (χ1n) is 44.8. The maximum absolute atomic E-state index is 4.40. The molecule has 24 aromatic rings. The monoisotopic (exact) mass is 2720 g/mol. The number of fused-ring (bicyclic) bond motifs is 6. The van der Waals surface area contributed by atoms with Crippen LogP contribution < -0.4 is 0 Å². The number of hydrogen-bond acceptors (Lipinski definition) is 9. The van der Waals surface area contributed by atoms with Gasteiger partial charge >= 0.3 is 0 Å². The normalized spacial score (nSPS) is 9.87. The Kier molecular flexibility index (Phi) is 44.4. The molecule has 9 nitrogen and oxygen atoms in total. The molecule has 0 saturated carbocycles. The molecule has 0 unspecified atom stereocenters. The molecule has 0 aliphatic heterocycles. The molecule has 0 aliphatic carbocycles. The van der Waals surface area contributed by atoms with Crippen molar-refractivity contribution >= 4 is 43.4 Å². The van der Waals surface area contributed by atoms with Gasteiger partial charge in [0.15, 0.2) is 0 Å². The average molecular weight is 2720 g/mol. The van der Waals surface area contributed by atoms with E-state index in [9.17, 15) is 0 Å². The maximum atomic E-state index is 4.40. The number of nitrogens with zero attached hydrogens (tertiary/aromatic N) is 9. The third-order valence-electron chi connectivity index (χ3n) is 21.5. The zero-order chi connectivity index (χ0) is 93.1. The number of rotatable bonds is 11. The summed E-state index contributed by atoms with van der Waals surface area (Å²) in [5.41, 5.74) is 26.8. The Bertz CT molecular complexity index is 6670. The van der Waals surface area contributed by atoms with Crippen molar-refractivity contribution in [3.8, 4) is 123 Å². The van der Waals surface area contributed by atoms with Crippen LogP contribution in [0.3, 0.4) is 0 Å². The van der Waals surface area contributed by atoms with E-state index in [1.165, 1.54) is 71.6 Å². The summed E-state index contributed by atoms with van der Waals surface area (Å²) >= 11 is 0. The molecule has 14 heteroatoms. The first-order chi connectivity index (χ1) is 67.9. The van der Waals surface area contributed by atoms with Crippen molar-refractivity contribution in [2.75, 3.05) is 0 Å². The molecule has 0 amide bonds. The van der Waals surface area contributed by atoms with E-state index in [1.807, 2.05) is 389 Å². The van der Waals surface area contributed by atoms with Gasteiger partial charge in [0.1, 0.15) is 0 Å². The van der Waals surface area contributed by atoms with E-state index in [-0.39, 0.29) is 101 Å². The van der Waals surface area contributed by atoms with Crippen LogP contribution in [0.5, 0.6) is 0 Å². The average Bonchev–Trinajstić information content (AvgIpc) is 0.796. The number of aryl methyl sites for hydroxylation is 1. The summed E-state index contributed by atoms with van der Waals surface area (Å²) in [6.07, 6.45) is 16.4. The van der Waals surface area contributed by atoms with E-state index < -0.39 is 0 Å². The minimum Gasteiger partial charge on any atom is -0.305 e. The van der Waals surface area contributed by atoms with Gasteiger partial charge in [0.2, 0.25) is 0 Å². The third kappa shape index (κ3) is 31.7. The van der Waals surface area contributed by atoms with Crippen molar-refractivity contribution in [3.05, 3.63) is 589 Å². The summed E-state index contributed by atoms with van der Waals surface area (Å²) in [7, 11) is 0. The zero-order valence-electron chi connectivity index (χ0n) is 76.9. The van der Waals surface area contributed by atoms with Crippen molar-refractivity contribution in [1.82, 2.24) is 44.9 Å². The maximum Gasteiger partial charge on any atom is 0.0166 e. The van der Waals surface area contributed by atoms with Crippen LogP contribution >= 0.6 is 0 Å². The fraction of sp³-hybridized carbons (Fsp3) is 0.00781. The van der Waals surface area contributed by atoms with Gasteiger partial charge < -0.3 is 44.9 Å². The Morgan fingerprint density at radius 3 is 0.676 bits per heavy atom. The summed E-state index contributed by atoms with van der Waals surface area (Å²) in [5.74, 6) is 0. The van der Waals surface area contributed by atoms with Crippen LogP contribution in [0, 0.1) is 61.5 Å². The molecule has 0 bridgehead atoms. The molecule has 142 heavy (non-hydrogen) atoms. The van der Waals surface area contributed by atoms with Gasteiger partial charge in [-0.05, 0) is 168 Å². The molecule has 0 fully saturated rings. The molecular formula is C128H90Ir5N9-9. The van der Waals surface area contributed by atoms with Gasteiger partial charge in [-0.2, -0.15) is 0 Å². The van der Waals surface area contributed by atoms with E-state index in [4.69, 9.17) is 0 Å². The summed E-state index contributed by atoms with van der Waals surface area (Å²) in [6.45, 7) is 2.06. The molecule has 0 atom stereocenters. The minimum absolute atomic E-state index is 0. The van der Waals surface area contributed by atoms with Crippen LogP contribution in [0.2, 0.25) is 0 Å². The minimum atomic E-state index is 0. The van der Waals surface area contributed by atoms with Crippen molar-refractivity contribution in [3.63, 3.8) is 0 Å². The molecule has 0 spiro atoms. The zero-order valence-corrected chi connectivity index (χ0v) is 88.9. The van der Waals surface area contributed by atoms with Gasteiger partial charge in [0, 0.05) is 156 Å². The first kappa shape index (κ1) is 107. The van der Waals surface area contributed by atoms with Crippen LogP contribution in [0.15, 0.2) is 529 Å². The molecule has 15 aromatic carbocycles. The summed E-state index contributed by atoms with van der Waals surface area (Å²) in [4.78, 5) is 39.1. The molecular weight excluding hydrogens is 2620 g/mol. The molecule has 24 rings (SSSR count). The van der Waals surface area contributed by atoms with E-state index in [1.54, 1.807) is 12.4 Å². The molecule has 0 saturated heterocycles. The smallest absolute Gasteiger partial charge is 0.0166 e. The Hall–Kier alpha value is -15.1. The van der Waals surface area contributed by atoms with Crippen molar-refractivity contribution in [2.24, 2.45) is 0 Å². The SMILES string of the molecule is Cc1cccnc1-c1[c-]cccc1.[Ir].[Ir].[Ir].[Ir].[Ir].[c-]1cccc2ccc3cccnc3c12.[c-]1cccc2ccc3cccnc3c12.[c-]1ccccc1-c1cc(-c2ccccc2)ccn1.[c-]1ccccc1-c1cc(-c2ccccc2)ccn1.[c-]1ccccc1-c1cc(-c2ccccc2)ccn1.[c-]1ccccc1-c1cc(-c2ccccc2)ccn1.[c-]1ccccc1-c1ccccn1.[c-]1ccccc1-c1ccccn1. The second-order valence-corrected chi connectivity index (χ2v) is 30.8. The van der Waals surface area contributed by atoms with Gasteiger partial charge in [0.05, 0.1) is 0 Å². The fourth-order valence-corrected chi connectivity index (χ4v) is 14.7. The fourth-order valence-electron chi connectivity index (χ4n) is 14.7. The van der Waals surface area contributed by atoms with E-state index >= 15 is 0 Å². The molecule has 701 valence electrons. The Morgan fingerprint density at radius 2 is 0.394 bits per heavy atom. The van der Waals surface area contributed by atoms with Crippen molar-refractivity contribution in [1.29, 1.82) is 0 Å². The van der Waals surface area contributed by atoms with Crippen molar-refractivity contribution in [2.45, 2.75) is 6.92 Å². The van der Waals surface area contributed by atoms with Gasteiger partial charge in [-0.3, -0.25) is 0 Å². The van der Waals surface area contributed by atoms with Gasteiger partial charge in [0.25, 0.3) is 0 Å². The van der Waals surface area contributed by atoms with Crippen molar-refractivity contribution < 1.29 is 101 Å². The Balaban J connectivity index is 0.000000152. The van der Waals surface area contributed by atoms with Crippen LogP contribution in [0.1, 0.15) is 5.56 Å². The second kappa shape index (κ2) is 58.7. The molecule has 9 heterocycles. The second-order valence-electron chi connectivity index (χ2n) is 30.8. The number of benzene rings is 15. The molecule has 0 N–H and O–H groups in total. The topological polar surface area (TPSA) is 116 Å². The summed E-state index contributed by atoms with van der Waals surface area (Å²) in [6, 6.07) is 186. The van der Waals surface area contributed by atoms with E-state index in [0.717, 1.165) is 101 Å². The third-order valence-corrected chi connectivity index (χ3v) is 21.5. The summed E-state index contributed by atoms with van der Waals surface area (Å²) < 4.78 is 0. The number of aromatic nitrogens is 9. The van der Waals surface area contributed by atoms with Gasteiger partial charge in [-0.25, -0.2) is 0 Å². The largest absolute Gasteiger partial charge is 0.305 e. The first-order valence-corrected chi connectivity index (χ1v) is 44.8. The van der Waals surface area contributed by atoms with Gasteiger partial charge in [-0.15, -0.1) is 321 Å². The van der Waals surface area contributed by atoms with Crippen LogP contribution in [-0.2, 0) is 101 Å². The quantitative estimate of drug-likeness (QED) is 0.0922. The van der Waals surface area contributed by atoms with E-state index in [0.29, 0.717) is 0 Å². The number of pyridine rings is 9. The molecule has 5 radical (unpaired) electrons. The van der Waals surface area contributed by atoms with Crippen LogP contribution in [-0.4, -0.2) is 44.9 Å². The Morgan fingerprint density at radius 1 is 0.155 bits per heavy atom. The van der Waals surface area contributed by atoms with Crippen LogP contribution in [0.25, 0.3) is 167 Å². The summed E-state index contributed by atoms with van der Waals surface area (Å²) in [5, 5.41) is 6.93.